The summed E-state index contributed by atoms with van der Waals surface area (Å²) in [6.45, 7) is 0.117. The first-order chi connectivity index (χ1) is 13.9. The SMILES string of the molecule is NCCC(O)c1cccc(S2(=O)=CC3(O)C(O)(O)C(N)(O)C(O)(O)C(O)(O)C3(O)C2)c1. The largest absolute Gasteiger partial charge is 0.388 e. The molecule has 3 rings (SSSR count). The lowest BCUT2D eigenvalue weighted by molar-refractivity contribution is -0.537. The Labute approximate surface area is 176 Å². The number of fused-ring (bicyclic) bond motifs is 1. The normalized spacial score (nSPS) is 41.3. The van der Waals surface area contributed by atoms with Gasteiger partial charge in [-0.2, -0.15) is 0 Å². The van der Waals surface area contributed by atoms with Crippen molar-refractivity contribution in [3.05, 3.63) is 29.8 Å². The first-order valence-electron chi connectivity index (χ1n) is 9.02. The first kappa shape index (κ1) is 24.4. The monoisotopic (exact) mass is 466 g/mol. The van der Waals surface area contributed by atoms with E-state index in [-0.39, 0.29) is 28.8 Å². The van der Waals surface area contributed by atoms with Gasteiger partial charge in [-0.25, -0.2) is 0 Å². The molecule has 2 aliphatic rings. The molecule has 1 aromatic rings. The van der Waals surface area contributed by atoms with E-state index in [9.17, 15) is 55.3 Å². The van der Waals surface area contributed by atoms with Crippen molar-refractivity contribution in [3.63, 3.8) is 0 Å². The van der Waals surface area contributed by atoms with Crippen LogP contribution in [0.4, 0.5) is 0 Å². The van der Waals surface area contributed by atoms with Crippen LogP contribution in [0.25, 0.3) is 0 Å². The number of hydrogen-bond donors (Lipinski definition) is 12. The summed E-state index contributed by atoms with van der Waals surface area (Å²) in [4.78, 5) is -0.203. The molecule has 0 saturated heterocycles. The van der Waals surface area contributed by atoms with E-state index in [0.29, 0.717) is 0 Å². The number of benzene rings is 1. The van der Waals surface area contributed by atoms with E-state index in [1.165, 1.54) is 24.3 Å². The quantitative estimate of drug-likeness (QED) is 0.145. The number of aliphatic hydroxyl groups excluding tert-OH is 1. The van der Waals surface area contributed by atoms with Gasteiger partial charge in [-0.15, -0.1) is 0 Å². The van der Waals surface area contributed by atoms with Crippen LogP contribution in [0.5, 0.6) is 0 Å². The lowest BCUT2D eigenvalue weighted by Gasteiger charge is -2.63. The van der Waals surface area contributed by atoms with Crippen LogP contribution >= 0.6 is 0 Å². The molecule has 1 heterocycles. The second-order valence-electron chi connectivity index (χ2n) is 8.06. The molecule has 13 nitrogen and oxygen atoms in total. The maximum absolute atomic E-state index is 13.7. The zero-order valence-electron chi connectivity index (χ0n) is 16.0. The number of hydrogen-bond acceptors (Lipinski definition) is 13. The van der Waals surface area contributed by atoms with Crippen molar-refractivity contribution in [1.29, 1.82) is 0 Å². The summed E-state index contributed by atoms with van der Waals surface area (Å²) in [5.41, 5.74) is -0.870. The Hall–Kier alpha value is -1.24. The Morgan fingerprint density at radius 1 is 0.968 bits per heavy atom. The zero-order valence-corrected chi connectivity index (χ0v) is 16.8. The van der Waals surface area contributed by atoms with Crippen LogP contribution in [0.2, 0.25) is 0 Å². The maximum Gasteiger partial charge on any atom is 0.271 e. The van der Waals surface area contributed by atoms with E-state index in [0.717, 1.165) is 0 Å². The molecule has 14 heteroatoms. The molecular formula is C17H26N2O11S. The molecule has 1 saturated carbocycles. The summed E-state index contributed by atoms with van der Waals surface area (Å²) in [7, 11) is -3.94. The molecule has 0 amide bonds. The highest BCUT2D eigenvalue weighted by Crippen LogP contribution is 2.56. The summed E-state index contributed by atoms with van der Waals surface area (Å²) >= 11 is 0. The minimum atomic E-state index is -4.43. The highest BCUT2D eigenvalue weighted by atomic mass is 32.2. The average molecular weight is 466 g/mol. The van der Waals surface area contributed by atoms with Gasteiger partial charge in [0.15, 0.2) is 11.2 Å². The fourth-order valence-electron chi connectivity index (χ4n) is 4.07. The molecule has 0 spiro atoms. The van der Waals surface area contributed by atoms with Crippen LogP contribution in [-0.4, -0.2) is 107 Å². The number of aliphatic hydroxyl groups is 10. The van der Waals surface area contributed by atoms with E-state index < -0.39 is 55.7 Å². The molecule has 0 radical (unpaired) electrons. The average Bonchev–Trinajstić information content (AvgIpc) is 2.90. The summed E-state index contributed by atoms with van der Waals surface area (Å²) < 4.78 is 13.7. The van der Waals surface area contributed by atoms with Crippen molar-refractivity contribution >= 4 is 14.9 Å². The Morgan fingerprint density at radius 3 is 2.10 bits per heavy atom. The van der Waals surface area contributed by atoms with Gasteiger partial charge in [-0.3, -0.25) is 9.94 Å². The molecule has 1 aromatic carbocycles. The molecule has 176 valence electrons. The number of nitrogens with two attached hydrogens (primary N) is 2. The van der Waals surface area contributed by atoms with Gasteiger partial charge in [0, 0.05) is 19.8 Å². The molecule has 1 fully saturated rings. The Morgan fingerprint density at radius 2 is 1.55 bits per heavy atom. The van der Waals surface area contributed by atoms with Crippen LogP contribution in [0, 0.1) is 0 Å². The third-order valence-electron chi connectivity index (χ3n) is 6.15. The van der Waals surface area contributed by atoms with Gasteiger partial charge in [-0.1, -0.05) is 12.1 Å². The lowest BCUT2D eigenvalue weighted by Crippen LogP contribution is -2.97. The van der Waals surface area contributed by atoms with Crippen molar-refractivity contribution in [1.82, 2.24) is 0 Å². The fourth-order valence-corrected chi connectivity index (χ4v) is 7.06. The van der Waals surface area contributed by atoms with E-state index in [2.05, 4.69) is 0 Å². The van der Waals surface area contributed by atoms with Gasteiger partial charge in [0.05, 0.1) is 11.9 Å². The molecule has 0 aromatic heterocycles. The molecule has 31 heavy (non-hydrogen) atoms. The van der Waals surface area contributed by atoms with Gasteiger partial charge in [-0.05, 0) is 30.7 Å². The smallest absolute Gasteiger partial charge is 0.271 e. The van der Waals surface area contributed by atoms with Crippen molar-refractivity contribution < 1.29 is 55.3 Å². The predicted octanol–water partition coefficient (Wildman–Crippen LogP) is -6.31. The van der Waals surface area contributed by atoms with Gasteiger partial charge in [0.25, 0.3) is 11.6 Å². The minimum absolute atomic E-state index is 0.117. The summed E-state index contributed by atoms with van der Waals surface area (Å²) in [6.07, 6.45) is -0.948. The minimum Gasteiger partial charge on any atom is -0.388 e. The second kappa shape index (κ2) is 6.64. The van der Waals surface area contributed by atoms with Crippen LogP contribution in [0.15, 0.2) is 29.2 Å². The third kappa shape index (κ3) is 2.67. The van der Waals surface area contributed by atoms with E-state index in [1.54, 1.807) is 0 Å². The zero-order chi connectivity index (χ0) is 23.9. The van der Waals surface area contributed by atoms with Gasteiger partial charge in [0.1, 0.15) is 0 Å². The van der Waals surface area contributed by atoms with Crippen LogP contribution in [-0.2, 0) is 9.52 Å². The topological polar surface area (TPSA) is 271 Å². The molecule has 1 aliphatic carbocycles. The fraction of sp³-hybridized carbons (Fsp3) is 0.588. The Bertz CT molecular complexity index is 1020. The highest BCUT2D eigenvalue weighted by Gasteiger charge is 2.90. The molecule has 1 aliphatic heterocycles. The van der Waals surface area contributed by atoms with Crippen LogP contribution < -0.4 is 11.5 Å². The van der Waals surface area contributed by atoms with E-state index in [1.807, 2.05) is 0 Å². The lowest BCUT2D eigenvalue weighted by atomic mass is 9.59. The van der Waals surface area contributed by atoms with Gasteiger partial charge >= 0.3 is 0 Å². The summed E-state index contributed by atoms with van der Waals surface area (Å²) in [5.74, 6) is -14.4. The molecular weight excluding hydrogens is 440 g/mol. The number of rotatable bonds is 4. The van der Waals surface area contributed by atoms with Crippen LogP contribution in [0.1, 0.15) is 18.1 Å². The Kier molecular flexibility index (Phi) is 5.23. The van der Waals surface area contributed by atoms with Crippen molar-refractivity contribution in [2.24, 2.45) is 11.5 Å². The molecule has 5 atom stereocenters. The second-order valence-corrected chi connectivity index (χ2v) is 10.5. The van der Waals surface area contributed by atoms with E-state index in [4.69, 9.17) is 11.5 Å². The summed E-state index contributed by atoms with van der Waals surface area (Å²) in [6, 6.07) is 5.21. The van der Waals surface area contributed by atoms with Crippen LogP contribution in [0.3, 0.4) is 0 Å². The van der Waals surface area contributed by atoms with Gasteiger partial charge in [0.2, 0.25) is 11.5 Å². The third-order valence-corrected chi connectivity index (χ3v) is 8.77. The summed E-state index contributed by atoms with van der Waals surface area (Å²) in [5, 5.41) is 104. The molecule has 14 N–H and O–H groups in total. The van der Waals surface area contributed by atoms with Gasteiger partial charge < -0.3 is 56.8 Å². The maximum atomic E-state index is 13.7. The standard InChI is InChI=1S/C17H26N2O11S/c18-5-4-11(20)9-2-1-3-10(6-9)31(30)7-12(21)13(22,8-31)16(26,27)17(28,29)14(19,23)15(12,24)25/h1-3,6-7,11,20-29H,4-5,8,18-19H2. The highest BCUT2D eigenvalue weighted by molar-refractivity contribution is 8.01. The molecule has 0 bridgehead atoms. The van der Waals surface area contributed by atoms with Crippen molar-refractivity contribution in [3.8, 4) is 0 Å². The Balaban J connectivity index is 2.27. The van der Waals surface area contributed by atoms with Crippen molar-refractivity contribution in [2.75, 3.05) is 12.3 Å². The first-order valence-corrected chi connectivity index (χ1v) is 10.8. The predicted molar refractivity (Wildman–Crippen MR) is 103 cm³/mol. The van der Waals surface area contributed by atoms with E-state index >= 15 is 0 Å². The van der Waals surface area contributed by atoms with Crippen molar-refractivity contribution in [2.45, 2.75) is 51.7 Å². The molecule has 5 unspecified atom stereocenters.